The van der Waals surface area contributed by atoms with Crippen molar-refractivity contribution < 1.29 is 4.79 Å². The number of fused-ring (bicyclic) bond motifs is 1. The molecule has 0 bridgehead atoms. The summed E-state index contributed by atoms with van der Waals surface area (Å²) in [6.45, 7) is 0.862. The van der Waals surface area contributed by atoms with Crippen LogP contribution in [0.15, 0.2) is 53.9 Å². The van der Waals surface area contributed by atoms with Crippen molar-refractivity contribution in [2.45, 2.75) is 12.8 Å². The summed E-state index contributed by atoms with van der Waals surface area (Å²) < 4.78 is 0. The highest BCUT2D eigenvalue weighted by Gasteiger charge is 2.24. The van der Waals surface area contributed by atoms with Crippen LogP contribution in [0.2, 0.25) is 0 Å². The lowest BCUT2D eigenvalue weighted by Crippen LogP contribution is -2.20. The average Bonchev–Trinajstić information content (AvgIpc) is 3.21. The zero-order valence-electron chi connectivity index (χ0n) is 14.0. The number of likely N-dealkylation sites (N-methyl/N-ethyl adjacent to an activating group) is 1. The molecule has 0 fully saturated rings. The van der Waals surface area contributed by atoms with Crippen LogP contribution in [0.3, 0.4) is 0 Å². The Bertz CT molecular complexity index is 904. The normalized spacial score (nSPS) is 13.2. The summed E-state index contributed by atoms with van der Waals surface area (Å²) in [5, 5.41) is 6.39. The fourth-order valence-corrected chi connectivity index (χ4v) is 3.82. The fraction of sp³-hybridized carbons (Fsp3) is 0.200. The Hall–Kier alpha value is -2.66. The molecular weight excluding hydrogens is 330 g/mol. The van der Waals surface area contributed by atoms with Crippen LogP contribution >= 0.6 is 11.3 Å². The van der Waals surface area contributed by atoms with E-state index in [2.05, 4.69) is 46.0 Å². The molecule has 2 heterocycles. The first kappa shape index (κ1) is 15.8. The van der Waals surface area contributed by atoms with Crippen molar-refractivity contribution in [1.82, 2.24) is 4.98 Å². The van der Waals surface area contributed by atoms with Gasteiger partial charge < -0.3 is 10.2 Å². The lowest BCUT2D eigenvalue weighted by atomic mass is 10.1. The molecule has 25 heavy (non-hydrogen) atoms. The van der Waals surface area contributed by atoms with Gasteiger partial charge in [-0.05, 0) is 29.7 Å². The predicted molar refractivity (Wildman–Crippen MR) is 103 cm³/mol. The molecule has 4 nitrogen and oxygen atoms in total. The quantitative estimate of drug-likeness (QED) is 0.758. The number of carbonyl (C=O) groups is 1. The minimum absolute atomic E-state index is 0.147. The third-order valence-electron chi connectivity index (χ3n) is 4.49. The predicted octanol–water partition coefficient (Wildman–Crippen LogP) is 3.98. The molecule has 3 aromatic rings. The largest absolute Gasteiger partial charge is 0.361 e. The number of benzene rings is 2. The fourth-order valence-electron chi connectivity index (χ4n) is 3.08. The minimum atomic E-state index is 0.147. The van der Waals surface area contributed by atoms with E-state index < -0.39 is 0 Å². The van der Waals surface area contributed by atoms with Crippen LogP contribution in [0.1, 0.15) is 11.1 Å². The summed E-state index contributed by atoms with van der Waals surface area (Å²) in [7, 11) is 1.82. The summed E-state index contributed by atoms with van der Waals surface area (Å²) in [6, 6.07) is 16.6. The van der Waals surface area contributed by atoms with Crippen LogP contribution in [-0.2, 0) is 17.6 Å². The minimum Gasteiger partial charge on any atom is -0.361 e. The molecule has 0 saturated heterocycles. The van der Waals surface area contributed by atoms with Gasteiger partial charge in [0.15, 0.2) is 5.13 Å². The maximum Gasteiger partial charge on any atom is 0.231 e. The van der Waals surface area contributed by atoms with Gasteiger partial charge in [0.2, 0.25) is 5.91 Å². The van der Waals surface area contributed by atoms with E-state index in [0.29, 0.717) is 6.42 Å². The Morgan fingerprint density at radius 2 is 2.04 bits per heavy atom. The molecule has 2 aromatic carbocycles. The summed E-state index contributed by atoms with van der Waals surface area (Å²) >= 11 is 1.61. The van der Waals surface area contributed by atoms with Crippen molar-refractivity contribution in [3.05, 3.63) is 65.0 Å². The van der Waals surface area contributed by atoms with Crippen LogP contribution < -0.4 is 10.2 Å². The maximum atomic E-state index is 11.8. The van der Waals surface area contributed by atoms with Crippen molar-refractivity contribution in [1.29, 1.82) is 0 Å². The van der Waals surface area contributed by atoms with Crippen molar-refractivity contribution in [2.75, 3.05) is 23.8 Å². The first-order valence-corrected chi connectivity index (χ1v) is 9.22. The van der Waals surface area contributed by atoms with Crippen molar-refractivity contribution in [3.8, 4) is 11.3 Å². The second kappa shape index (κ2) is 6.69. The highest BCUT2D eigenvalue weighted by molar-refractivity contribution is 7.14. The third kappa shape index (κ3) is 3.28. The number of nitrogens with one attached hydrogen (secondary N) is 1. The number of hydrogen-bond acceptors (Lipinski definition) is 4. The number of carbonyl (C=O) groups excluding carboxylic acids is 1. The summed E-state index contributed by atoms with van der Waals surface area (Å²) in [5.74, 6) is 0.147. The molecule has 4 rings (SSSR count). The summed E-state index contributed by atoms with van der Waals surface area (Å²) in [5.41, 5.74) is 5.42. The van der Waals surface area contributed by atoms with Crippen LogP contribution in [-0.4, -0.2) is 24.5 Å². The van der Waals surface area contributed by atoms with Gasteiger partial charge in [-0.3, -0.25) is 4.79 Å². The van der Waals surface area contributed by atoms with Gasteiger partial charge in [-0.2, -0.15) is 0 Å². The van der Waals surface area contributed by atoms with Gasteiger partial charge in [-0.25, -0.2) is 4.98 Å². The van der Waals surface area contributed by atoms with E-state index in [0.717, 1.165) is 40.6 Å². The van der Waals surface area contributed by atoms with Gasteiger partial charge in [-0.1, -0.05) is 36.4 Å². The van der Waals surface area contributed by atoms with E-state index in [9.17, 15) is 4.79 Å². The molecule has 5 heteroatoms. The highest BCUT2D eigenvalue weighted by atomic mass is 32.1. The Kier molecular flexibility index (Phi) is 4.24. The Morgan fingerprint density at radius 3 is 2.88 bits per heavy atom. The SMILES string of the molecule is CN1C(=O)Cc2cc(-c3csc(NCCc4ccccc4)n3)ccc21. The zero-order chi connectivity index (χ0) is 17.2. The molecule has 0 saturated carbocycles. The molecule has 1 aliphatic heterocycles. The highest BCUT2D eigenvalue weighted by Crippen LogP contribution is 2.33. The lowest BCUT2D eigenvalue weighted by molar-refractivity contribution is -0.117. The maximum absolute atomic E-state index is 11.8. The molecule has 126 valence electrons. The number of anilines is 2. The van der Waals surface area contributed by atoms with Crippen molar-refractivity contribution in [2.24, 2.45) is 0 Å². The summed E-state index contributed by atoms with van der Waals surface area (Å²) in [6.07, 6.45) is 1.45. The monoisotopic (exact) mass is 349 g/mol. The first-order valence-electron chi connectivity index (χ1n) is 8.34. The average molecular weight is 349 g/mol. The van der Waals surface area contributed by atoms with Gasteiger partial charge in [-0.15, -0.1) is 11.3 Å². The molecule has 1 N–H and O–H groups in total. The van der Waals surface area contributed by atoms with Crippen LogP contribution in [0.5, 0.6) is 0 Å². The number of nitrogens with zero attached hydrogens (tertiary/aromatic N) is 2. The number of thiazole rings is 1. The smallest absolute Gasteiger partial charge is 0.231 e. The van der Waals surface area contributed by atoms with E-state index in [1.807, 2.05) is 25.2 Å². The number of hydrogen-bond donors (Lipinski definition) is 1. The van der Waals surface area contributed by atoms with Crippen molar-refractivity contribution in [3.63, 3.8) is 0 Å². The molecule has 0 unspecified atom stereocenters. The Morgan fingerprint density at radius 1 is 1.20 bits per heavy atom. The molecule has 0 aliphatic carbocycles. The van der Waals surface area contributed by atoms with Gasteiger partial charge in [0, 0.05) is 30.2 Å². The number of amides is 1. The van der Waals surface area contributed by atoms with E-state index in [1.54, 1.807) is 16.2 Å². The van der Waals surface area contributed by atoms with Crippen LogP contribution in [0.25, 0.3) is 11.3 Å². The molecule has 1 aliphatic rings. The standard InChI is InChI=1S/C20H19N3OS/c1-23-18-8-7-15(11-16(18)12-19(23)24)17-13-25-20(22-17)21-10-9-14-5-3-2-4-6-14/h2-8,11,13H,9-10,12H2,1H3,(H,21,22). The third-order valence-corrected chi connectivity index (χ3v) is 5.29. The molecule has 1 amide bonds. The molecular formula is C20H19N3OS. The van der Waals surface area contributed by atoms with Crippen molar-refractivity contribution >= 4 is 28.1 Å². The second-order valence-corrected chi connectivity index (χ2v) is 7.03. The first-order chi connectivity index (χ1) is 12.2. The Labute approximate surface area is 151 Å². The van der Waals surface area contributed by atoms with Gasteiger partial charge in [0.25, 0.3) is 0 Å². The number of aromatic nitrogens is 1. The topological polar surface area (TPSA) is 45.2 Å². The Balaban J connectivity index is 1.43. The lowest BCUT2D eigenvalue weighted by Gasteiger charge is -2.09. The van der Waals surface area contributed by atoms with Crippen LogP contribution in [0.4, 0.5) is 10.8 Å². The summed E-state index contributed by atoms with van der Waals surface area (Å²) in [4.78, 5) is 18.2. The van der Waals surface area contributed by atoms with E-state index in [-0.39, 0.29) is 5.91 Å². The molecule has 0 radical (unpaired) electrons. The zero-order valence-corrected chi connectivity index (χ0v) is 14.8. The van der Waals surface area contributed by atoms with E-state index in [4.69, 9.17) is 0 Å². The molecule has 0 atom stereocenters. The van der Waals surface area contributed by atoms with E-state index in [1.165, 1.54) is 5.56 Å². The van der Waals surface area contributed by atoms with E-state index >= 15 is 0 Å². The second-order valence-electron chi connectivity index (χ2n) is 6.17. The molecule has 1 aromatic heterocycles. The van der Waals surface area contributed by atoms with Gasteiger partial charge >= 0.3 is 0 Å². The number of rotatable bonds is 5. The van der Waals surface area contributed by atoms with Gasteiger partial charge in [0.05, 0.1) is 12.1 Å². The van der Waals surface area contributed by atoms with Crippen LogP contribution in [0, 0.1) is 0 Å². The van der Waals surface area contributed by atoms with Gasteiger partial charge in [0.1, 0.15) is 0 Å². The molecule has 0 spiro atoms.